The second-order valence-corrected chi connectivity index (χ2v) is 8.23. The number of aromatic amines is 1. The van der Waals surface area contributed by atoms with Gasteiger partial charge in [0.25, 0.3) is 0 Å². The summed E-state index contributed by atoms with van der Waals surface area (Å²) >= 11 is 6.46. The molecule has 1 atom stereocenters. The maximum absolute atomic E-state index is 13.5. The van der Waals surface area contributed by atoms with Crippen molar-refractivity contribution in [2.24, 2.45) is 0 Å². The Labute approximate surface area is 184 Å². The summed E-state index contributed by atoms with van der Waals surface area (Å²) in [6.07, 6.45) is 6.20. The second-order valence-electron chi connectivity index (χ2n) is 7.82. The molecule has 0 spiro atoms. The molecule has 4 aromatic rings. The predicted octanol–water partition coefficient (Wildman–Crippen LogP) is 4.57. The van der Waals surface area contributed by atoms with E-state index in [1.807, 2.05) is 18.2 Å². The number of H-pyrrole nitrogens is 1. The standard InChI is InChI=1S/C23H22ClFN6/c24-19-13-27-21(29-17-5-2-6-26-12-17)10-18(19)15-9-20-23(28-11-15)31-22(30-20)8-14-3-1-4-16(25)7-14/h1,3-4,7,9-11,13,17,26H,2,5-6,8,12H2,(H,27,29)(H,28,30,31). The fourth-order valence-corrected chi connectivity index (χ4v) is 4.16. The molecule has 1 aliphatic heterocycles. The molecular formula is C23H22ClFN6. The Morgan fingerprint density at radius 2 is 2.10 bits per heavy atom. The van der Waals surface area contributed by atoms with Crippen LogP contribution < -0.4 is 10.6 Å². The average Bonchev–Trinajstić information content (AvgIpc) is 3.17. The van der Waals surface area contributed by atoms with Gasteiger partial charge in [0.05, 0.1) is 10.5 Å². The number of aromatic nitrogens is 4. The van der Waals surface area contributed by atoms with Crippen molar-refractivity contribution < 1.29 is 4.39 Å². The fraction of sp³-hybridized carbons (Fsp3) is 0.261. The van der Waals surface area contributed by atoms with Crippen molar-refractivity contribution in [2.45, 2.75) is 25.3 Å². The van der Waals surface area contributed by atoms with Crippen LogP contribution in [-0.4, -0.2) is 39.1 Å². The van der Waals surface area contributed by atoms with E-state index in [1.165, 1.54) is 12.1 Å². The van der Waals surface area contributed by atoms with Crippen molar-refractivity contribution in [3.63, 3.8) is 0 Å². The zero-order valence-electron chi connectivity index (χ0n) is 16.8. The smallest absolute Gasteiger partial charge is 0.177 e. The minimum Gasteiger partial charge on any atom is -0.366 e. The van der Waals surface area contributed by atoms with Crippen LogP contribution in [0.15, 0.2) is 48.8 Å². The lowest BCUT2D eigenvalue weighted by Crippen LogP contribution is -2.38. The van der Waals surface area contributed by atoms with Crippen molar-refractivity contribution in [3.8, 4) is 11.1 Å². The predicted molar refractivity (Wildman–Crippen MR) is 121 cm³/mol. The third-order valence-electron chi connectivity index (χ3n) is 5.46. The van der Waals surface area contributed by atoms with Crippen LogP contribution in [0.3, 0.4) is 0 Å². The normalized spacial score (nSPS) is 16.5. The fourth-order valence-electron chi connectivity index (χ4n) is 3.94. The van der Waals surface area contributed by atoms with Crippen LogP contribution in [0.5, 0.6) is 0 Å². The quantitative estimate of drug-likeness (QED) is 0.427. The van der Waals surface area contributed by atoms with E-state index in [2.05, 4.69) is 30.6 Å². The molecule has 0 aliphatic carbocycles. The number of hydrogen-bond acceptors (Lipinski definition) is 5. The van der Waals surface area contributed by atoms with Crippen LogP contribution in [0, 0.1) is 5.82 Å². The molecule has 1 fully saturated rings. The van der Waals surface area contributed by atoms with Gasteiger partial charge in [0.2, 0.25) is 0 Å². The largest absolute Gasteiger partial charge is 0.366 e. The van der Waals surface area contributed by atoms with Crippen molar-refractivity contribution in [2.75, 3.05) is 18.4 Å². The Balaban J connectivity index is 1.41. The molecule has 1 aliphatic rings. The van der Waals surface area contributed by atoms with Crippen LogP contribution in [0.4, 0.5) is 10.2 Å². The summed E-state index contributed by atoms with van der Waals surface area (Å²) in [4.78, 5) is 16.8. The Morgan fingerprint density at radius 1 is 1.16 bits per heavy atom. The molecule has 5 rings (SSSR count). The first-order valence-electron chi connectivity index (χ1n) is 10.4. The van der Waals surface area contributed by atoms with Gasteiger partial charge in [-0.15, -0.1) is 0 Å². The molecule has 8 heteroatoms. The number of nitrogens with zero attached hydrogens (tertiary/aromatic N) is 3. The second kappa shape index (κ2) is 8.61. The summed E-state index contributed by atoms with van der Waals surface area (Å²) in [5.41, 5.74) is 4.02. The van der Waals surface area contributed by atoms with Gasteiger partial charge in [0.1, 0.15) is 17.5 Å². The number of rotatable bonds is 5. The van der Waals surface area contributed by atoms with Gasteiger partial charge in [0, 0.05) is 42.5 Å². The lowest BCUT2D eigenvalue weighted by atomic mass is 10.1. The number of benzene rings is 1. The van der Waals surface area contributed by atoms with Crippen molar-refractivity contribution >= 4 is 28.6 Å². The van der Waals surface area contributed by atoms with Crippen LogP contribution in [0.1, 0.15) is 24.2 Å². The first-order chi connectivity index (χ1) is 15.1. The van der Waals surface area contributed by atoms with Crippen molar-refractivity contribution in [1.82, 2.24) is 25.3 Å². The van der Waals surface area contributed by atoms with Gasteiger partial charge in [0.15, 0.2) is 5.65 Å². The zero-order valence-corrected chi connectivity index (χ0v) is 17.6. The third-order valence-corrected chi connectivity index (χ3v) is 5.76. The van der Waals surface area contributed by atoms with Gasteiger partial charge < -0.3 is 15.6 Å². The molecule has 3 aromatic heterocycles. The van der Waals surface area contributed by atoms with Gasteiger partial charge in [-0.25, -0.2) is 19.3 Å². The maximum atomic E-state index is 13.5. The van der Waals surface area contributed by atoms with Crippen LogP contribution in [0.25, 0.3) is 22.3 Å². The molecule has 0 amide bonds. The van der Waals surface area contributed by atoms with Crippen molar-refractivity contribution in [1.29, 1.82) is 0 Å². The van der Waals surface area contributed by atoms with E-state index < -0.39 is 0 Å². The minimum absolute atomic E-state index is 0.255. The van der Waals surface area contributed by atoms with Gasteiger partial charge >= 0.3 is 0 Å². The molecule has 0 bridgehead atoms. The van der Waals surface area contributed by atoms with E-state index in [9.17, 15) is 4.39 Å². The molecule has 1 aromatic carbocycles. The lowest BCUT2D eigenvalue weighted by Gasteiger charge is -2.24. The summed E-state index contributed by atoms with van der Waals surface area (Å²) < 4.78 is 13.5. The zero-order chi connectivity index (χ0) is 21.2. The topological polar surface area (TPSA) is 78.5 Å². The molecule has 0 saturated carbocycles. The number of nitrogens with one attached hydrogen (secondary N) is 3. The molecule has 3 N–H and O–H groups in total. The Kier molecular flexibility index (Phi) is 5.53. The number of piperidine rings is 1. The molecule has 6 nitrogen and oxygen atoms in total. The summed E-state index contributed by atoms with van der Waals surface area (Å²) in [7, 11) is 0. The Hall–Kier alpha value is -3.03. The van der Waals surface area contributed by atoms with E-state index in [1.54, 1.807) is 18.5 Å². The van der Waals surface area contributed by atoms with E-state index in [4.69, 9.17) is 11.6 Å². The minimum atomic E-state index is -0.255. The molecule has 0 radical (unpaired) electrons. The first-order valence-corrected chi connectivity index (χ1v) is 10.7. The van der Waals surface area contributed by atoms with Crippen molar-refractivity contribution in [3.05, 3.63) is 71.0 Å². The number of hydrogen-bond donors (Lipinski definition) is 3. The van der Waals surface area contributed by atoms with Crippen LogP contribution in [-0.2, 0) is 6.42 Å². The highest BCUT2D eigenvalue weighted by Gasteiger charge is 2.15. The third kappa shape index (κ3) is 4.52. The van der Waals surface area contributed by atoms with Gasteiger partial charge in [-0.05, 0) is 49.2 Å². The SMILES string of the molecule is Fc1cccc(Cc2nc3ncc(-c4cc(NC5CCCNC5)ncc4Cl)cc3[nH]2)c1. The molecule has 1 saturated heterocycles. The number of imidazole rings is 1. The molecule has 1 unspecified atom stereocenters. The number of anilines is 1. The summed E-state index contributed by atoms with van der Waals surface area (Å²) in [5.74, 6) is 1.28. The van der Waals surface area contributed by atoms with Gasteiger partial charge in [-0.1, -0.05) is 23.7 Å². The molecule has 31 heavy (non-hydrogen) atoms. The highest BCUT2D eigenvalue weighted by molar-refractivity contribution is 6.33. The number of pyridine rings is 2. The van der Waals surface area contributed by atoms with Gasteiger partial charge in [-0.2, -0.15) is 0 Å². The number of halogens is 2. The lowest BCUT2D eigenvalue weighted by molar-refractivity contribution is 0.479. The summed E-state index contributed by atoms with van der Waals surface area (Å²) in [6, 6.07) is 10.8. The maximum Gasteiger partial charge on any atom is 0.177 e. The van der Waals surface area contributed by atoms with E-state index in [0.29, 0.717) is 23.1 Å². The number of fused-ring (bicyclic) bond motifs is 1. The summed E-state index contributed by atoms with van der Waals surface area (Å²) in [5, 5.41) is 7.45. The Bertz CT molecular complexity index is 1220. The molecular weight excluding hydrogens is 415 g/mol. The van der Waals surface area contributed by atoms with E-state index in [-0.39, 0.29) is 5.82 Å². The average molecular weight is 437 g/mol. The Morgan fingerprint density at radius 3 is 2.94 bits per heavy atom. The van der Waals surface area contributed by atoms with Gasteiger partial charge in [-0.3, -0.25) is 0 Å². The monoisotopic (exact) mass is 436 g/mol. The van der Waals surface area contributed by atoms with Crippen LogP contribution in [0.2, 0.25) is 5.02 Å². The first kappa shape index (κ1) is 19.9. The van der Waals surface area contributed by atoms with E-state index >= 15 is 0 Å². The van der Waals surface area contributed by atoms with E-state index in [0.717, 1.165) is 59.8 Å². The highest BCUT2D eigenvalue weighted by Crippen LogP contribution is 2.30. The molecule has 4 heterocycles. The van der Waals surface area contributed by atoms with Crippen LogP contribution >= 0.6 is 11.6 Å². The molecule has 158 valence electrons. The highest BCUT2D eigenvalue weighted by atomic mass is 35.5. The summed E-state index contributed by atoms with van der Waals surface area (Å²) in [6.45, 7) is 1.99.